The lowest BCUT2D eigenvalue weighted by Crippen LogP contribution is -2.37. The van der Waals surface area contributed by atoms with Crippen LogP contribution >= 0.6 is 11.3 Å². The second-order valence-corrected chi connectivity index (χ2v) is 7.52. The second-order valence-electron chi connectivity index (χ2n) is 6.69. The largest absolute Gasteiger partial charge is 0.345 e. The van der Waals surface area contributed by atoms with Gasteiger partial charge in [0.2, 0.25) is 0 Å². The number of rotatable bonds is 3. The molecule has 2 aromatic heterocycles. The van der Waals surface area contributed by atoms with E-state index in [0.29, 0.717) is 19.0 Å². The molecule has 0 amide bonds. The molecule has 1 aromatic carbocycles. The molecule has 0 fully saturated rings. The number of nitrogens with zero attached hydrogens (tertiary/aromatic N) is 5. The van der Waals surface area contributed by atoms with Crippen LogP contribution in [-0.4, -0.2) is 25.9 Å². The van der Waals surface area contributed by atoms with E-state index >= 15 is 0 Å². The Morgan fingerprint density at radius 3 is 2.64 bits per heavy atom. The van der Waals surface area contributed by atoms with Crippen LogP contribution in [0.4, 0.5) is 5.13 Å². The SMILES string of the molecule is CC(C)c1ccc(-c2csc(N3CCn4c(nn(C)c4=O)C3)n2)cc1. The van der Waals surface area contributed by atoms with Crippen LogP contribution in [0.25, 0.3) is 11.3 Å². The van der Waals surface area contributed by atoms with E-state index in [9.17, 15) is 4.79 Å². The fourth-order valence-corrected chi connectivity index (χ4v) is 3.97. The fraction of sp³-hybridized carbons (Fsp3) is 0.389. The normalized spacial score (nSPS) is 14.2. The van der Waals surface area contributed by atoms with Gasteiger partial charge in [0.25, 0.3) is 0 Å². The molecule has 3 heterocycles. The summed E-state index contributed by atoms with van der Waals surface area (Å²) in [6.07, 6.45) is 0. The van der Waals surface area contributed by atoms with Crippen LogP contribution in [0.5, 0.6) is 0 Å². The highest BCUT2D eigenvalue weighted by atomic mass is 32.1. The maximum absolute atomic E-state index is 12.0. The van der Waals surface area contributed by atoms with Gasteiger partial charge < -0.3 is 4.90 Å². The number of thiazole rings is 1. The summed E-state index contributed by atoms with van der Waals surface area (Å²) in [6, 6.07) is 8.63. The molecule has 6 nitrogen and oxygen atoms in total. The van der Waals surface area contributed by atoms with E-state index in [2.05, 4.69) is 53.5 Å². The Balaban J connectivity index is 1.56. The minimum absolute atomic E-state index is 0.0419. The van der Waals surface area contributed by atoms with E-state index in [4.69, 9.17) is 4.98 Å². The smallest absolute Gasteiger partial charge is 0.339 e. The van der Waals surface area contributed by atoms with Gasteiger partial charge in [-0.3, -0.25) is 4.57 Å². The Morgan fingerprint density at radius 2 is 1.92 bits per heavy atom. The summed E-state index contributed by atoms with van der Waals surface area (Å²) in [5, 5.41) is 7.40. The zero-order chi connectivity index (χ0) is 17.6. The average molecular weight is 355 g/mol. The molecule has 0 spiro atoms. The van der Waals surface area contributed by atoms with Crippen molar-refractivity contribution in [1.29, 1.82) is 0 Å². The highest BCUT2D eigenvalue weighted by Gasteiger charge is 2.23. The molecule has 0 N–H and O–H groups in total. The molecule has 7 heteroatoms. The number of benzene rings is 1. The Kier molecular flexibility index (Phi) is 3.95. The molecule has 3 aromatic rings. The lowest BCUT2D eigenvalue weighted by Gasteiger charge is -2.25. The van der Waals surface area contributed by atoms with E-state index in [1.165, 1.54) is 10.2 Å². The average Bonchev–Trinajstić information content (AvgIpc) is 3.20. The van der Waals surface area contributed by atoms with E-state index in [1.807, 2.05) is 0 Å². The lowest BCUT2D eigenvalue weighted by atomic mass is 10.0. The summed E-state index contributed by atoms with van der Waals surface area (Å²) in [5.74, 6) is 1.33. The van der Waals surface area contributed by atoms with Gasteiger partial charge in [0, 0.05) is 31.1 Å². The lowest BCUT2D eigenvalue weighted by molar-refractivity contribution is 0.548. The van der Waals surface area contributed by atoms with Crippen molar-refractivity contribution in [3.63, 3.8) is 0 Å². The molecular weight excluding hydrogens is 334 g/mol. The highest BCUT2D eigenvalue weighted by molar-refractivity contribution is 7.14. The van der Waals surface area contributed by atoms with Gasteiger partial charge in [-0.1, -0.05) is 38.1 Å². The highest BCUT2D eigenvalue weighted by Crippen LogP contribution is 2.30. The molecule has 0 atom stereocenters. The van der Waals surface area contributed by atoms with Gasteiger partial charge in [-0.25, -0.2) is 14.5 Å². The van der Waals surface area contributed by atoms with Gasteiger partial charge in [-0.2, -0.15) is 5.10 Å². The van der Waals surface area contributed by atoms with E-state index in [0.717, 1.165) is 28.8 Å². The number of hydrogen-bond donors (Lipinski definition) is 0. The summed E-state index contributed by atoms with van der Waals surface area (Å²) >= 11 is 1.64. The molecule has 1 aliphatic heterocycles. The summed E-state index contributed by atoms with van der Waals surface area (Å²) in [4.78, 5) is 18.9. The number of fused-ring (bicyclic) bond motifs is 1. The molecule has 0 unspecified atom stereocenters. The van der Waals surface area contributed by atoms with Crippen LogP contribution in [0.3, 0.4) is 0 Å². The third-order valence-corrected chi connectivity index (χ3v) is 5.55. The first-order valence-electron chi connectivity index (χ1n) is 8.46. The molecule has 1 aliphatic rings. The van der Waals surface area contributed by atoms with E-state index < -0.39 is 0 Å². The van der Waals surface area contributed by atoms with Crippen LogP contribution in [-0.2, 0) is 20.1 Å². The molecule has 0 aliphatic carbocycles. The summed E-state index contributed by atoms with van der Waals surface area (Å²) in [6.45, 7) is 6.44. The Hall–Kier alpha value is -2.41. The topological polar surface area (TPSA) is 56.0 Å². The first-order valence-corrected chi connectivity index (χ1v) is 9.34. The van der Waals surface area contributed by atoms with Crippen molar-refractivity contribution in [2.45, 2.75) is 32.9 Å². The van der Waals surface area contributed by atoms with Crippen LogP contribution in [0.2, 0.25) is 0 Å². The zero-order valence-electron chi connectivity index (χ0n) is 14.6. The maximum Gasteiger partial charge on any atom is 0.345 e. The van der Waals surface area contributed by atoms with Crippen molar-refractivity contribution in [2.75, 3.05) is 11.4 Å². The molecule has 0 bridgehead atoms. The van der Waals surface area contributed by atoms with Gasteiger partial charge in [0.05, 0.1) is 12.2 Å². The van der Waals surface area contributed by atoms with Crippen molar-refractivity contribution in [3.8, 4) is 11.3 Å². The monoisotopic (exact) mass is 355 g/mol. The number of hydrogen-bond acceptors (Lipinski definition) is 5. The molecule has 0 saturated carbocycles. The summed E-state index contributed by atoms with van der Waals surface area (Å²) in [7, 11) is 1.69. The molecular formula is C18H21N5OS. The summed E-state index contributed by atoms with van der Waals surface area (Å²) in [5.41, 5.74) is 3.43. The van der Waals surface area contributed by atoms with E-state index in [1.54, 1.807) is 23.0 Å². The molecule has 4 rings (SSSR count). The van der Waals surface area contributed by atoms with Crippen molar-refractivity contribution >= 4 is 16.5 Å². The van der Waals surface area contributed by atoms with Crippen LogP contribution in [0.15, 0.2) is 34.4 Å². The van der Waals surface area contributed by atoms with E-state index in [-0.39, 0.29) is 5.69 Å². The van der Waals surface area contributed by atoms with Crippen molar-refractivity contribution in [2.24, 2.45) is 7.05 Å². The standard InChI is InChI=1S/C18H21N5OS/c1-12(2)13-4-6-14(7-5-13)15-11-25-17(19-15)22-8-9-23-16(10-22)20-21(3)18(23)24/h4-7,11-12H,8-10H2,1-3H3. The Morgan fingerprint density at radius 1 is 1.16 bits per heavy atom. The Labute approximate surface area is 150 Å². The van der Waals surface area contributed by atoms with Gasteiger partial charge in [0.1, 0.15) is 0 Å². The first-order chi connectivity index (χ1) is 12.0. The van der Waals surface area contributed by atoms with Gasteiger partial charge in [-0.15, -0.1) is 11.3 Å². The van der Waals surface area contributed by atoms with Crippen LogP contribution in [0.1, 0.15) is 31.2 Å². The van der Waals surface area contributed by atoms with Gasteiger partial charge in [0.15, 0.2) is 11.0 Å². The molecule has 130 valence electrons. The number of aryl methyl sites for hydroxylation is 1. The minimum Gasteiger partial charge on any atom is -0.339 e. The van der Waals surface area contributed by atoms with Gasteiger partial charge >= 0.3 is 5.69 Å². The molecule has 0 saturated heterocycles. The minimum atomic E-state index is -0.0419. The van der Waals surface area contributed by atoms with Crippen molar-refractivity contribution in [1.82, 2.24) is 19.3 Å². The van der Waals surface area contributed by atoms with Crippen LogP contribution < -0.4 is 10.6 Å². The first kappa shape index (κ1) is 16.1. The fourth-order valence-electron chi connectivity index (χ4n) is 3.11. The second kappa shape index (κ2) is 6.15. The third-order valence-electron chi connectivity index (χ3n) is 4.65. The van der Waals surface area contributed by atoms with Crippen LogP contribution in [0, 0.1) is 0 Å². The predicted molar refractivity (Wildman–Crippen MR) is 100 cm³/mol. The molecule has 0 radical (unpaired) electrons. The Bertz CT molecular complexity index is 951. The molecule has 25 heavy (non-hydrogen) atoms. The predicted octanol–water partition coefficient (Wildman–Crippen LogP) is 2.85. The van der Waals surface area contributed by atoms with Crippen molar-refractivity contribution in [3.05, 3.63) is 51.5 Å². The summed E-state index contributed by atoms with van der Waals surface area (Å²) < 4.78 is 3.15. The third kappa shape index (κ3) is 2.89. The number of aromatic nitrogens is 4. The van der Waals surface area contributed by atoms with Crippen molar-refractivity contribution < 1.29 is 0 Å². The zero-order valence-corrected chi connectivity index (χ0v) is 15.5. The van der Waals surface area contributed by atoms with Gasteiger partial charge in [-0.05, 0) is 11.5 Å². The maximum atomic E-state index is 12.0. The number of anilines is 1. The quantitative estimate of drug-likeness (QED) is 0.725.